The highest BCUT2D eigenvalue weighted by Crippen LogP contribution is 2.33. The highest BCUT2D eigenvalue weighted by atomic mass is 32.2. The molecule has 5 nitrogen and oxygen atoms in total. The van der Waals surface area contributed by atoms with E-state index in [2.05, 4.69) is 10.6 Å². The van der Waals surface area contributed by atoms with E-state index in [1.807, 2.05) is 11.8 Å². The van der Waals surface area contributed by atoms with Gasteiger partial charge in [0.1, 0.15) is 11.6 Å². The number of urea groups is 1. The van der Waals surface area contributed by atoms with Gasteiger partial charge in [-0.25, -0.2) is 4.79 Å². The van der Waals surface area contributed by atoms with Gasteiger partial charge in [-0.3, -0.25) is 4.79 Å². The van der Waals surface area contributed by atoms with Crippen LogP contribution in [0.4, 0.5) is 4.79 Å². The molecule has 0 aromatic carbocycles. The van der Waals surface area contributed by atoms with Crippen LogP contribution in [-0.4, -0.2) is 40.7 Å². The monoisotopic (exact) mass is 340 g/mol. The Bertz CT molecular complexity index is 442. The summed E-state index contributed by atoms with van der Waals surface area (Å²) in [5.41, 5.74) is 0. The second-order valence-electron chi connectivity index (χ2n) is 6.67. The molecule has 0 radical (unpaired) electrons. The Hall–Kier alpha value is -1.04. The van der Waals surface area contributed by atoms with E-state index < -0.39 is 0 Å². The molecule has 3 unspecified atom stereocenters. The first-order valence-electron chi connectivity index (χ1n) is 8.76. The van der Waals surface area contributed by atoms with Gasteiger partial charge in [-0.1, -0.05) is 12.8 Å². The molecule has 3 atom stereocenters. The Morgan fingerprint density at radius 3 is 2.48 bits per heavy atom. The minimum absolute atomic E-state index is 0.0368. The van der Waals surface area contributed by atoms with Crippen molar-refractivity contribution >= 4 is 29.4 Å². The zero-order chi connectivity index (χ0) is 16.7. The van der Waals surface area contributed by atoms with E-state index in [1.165, 1.54) is 0 Å². The van der Waals surface area contributed by atoms with Crippen LogP contribution in [-0.2, 0) is 9.59 Å². The molecule has 0 spiro atoms. The highest BCUT2D eigenvalue weighted by Gasteiger charge is 2.42. The molecular formula is C17H28N2O3S. The van der Waals surface area contributed by atoms with E-state index in [9.17, 15) is 14.4 Å². The molecule has 2 fully saturated rings. The van der Waals surface area contributed by atoms with Gasteiger partial charge in [0.05, 0.1) is 12.1 Å². The summed E-state index contributed by atoms with van der Waals surface area (Å²) in [5.74, 6) is 1.57. The number of ketones is 2. The molecule has 23 heavy (non-hydrogen) atoms. The normalized spacial score (nSPS) is 25.8. The minimum atomic E-state index is -0.0368. The molecule has 2 rings (SSSR count). The highest BCUT2D eigenvalue weighted by molar-refractivity contribution is 8.00. The number of Topliss-reactive ketones (excluding diaryl/α,β-unsaturated/α-hetero) is 2. The zero-order valence-corrected chi connectivity index (χ0v) is 14.8. The molecule has 0 aromatic rings. The van der Waals surface area contributed by atoms with Crippen molar-refractivity contribution in [1.29, 1.82) is 0 Å². The van der Waals surface area contributed by atoms with Crippen LogP contribution in [0.1, 0.15) is 64.7 Å². The molecule has 0 saturated carbocycles. The second-order valence-corrected chi connectivity index (χ2v) is 7.94. The van der Waals surface area contributed by atoms with Crippen LogP contribution in [0.5, 0.6) is 0 Å². The van der Waals surface area contributed by atoms with Crippen molar-refractivity contribution in [3.8, 4) is 0 Å². The van der Waals surface area contributed by atoms with Crippen molar-refractivity contribution in [2.24, 2.45) is 0 Å². The zero-order valence-electron chi connectivity index (χ0n) is 13.9. The van der Waals surface area contributed by atoms with Crippen molar-refractivity contribution in [1.82, 2.24) is 10.6 Å². The van der Waals surface area contributed by atoms with E-state index in [4.69, 9.17) is 0 Å². The Morgan fingerprint density at radius 1 is 1.04 bits per heavy atom. The first kappa shape index (κ1) is 18.3. The number of carbonyl (C=O) groups excluding carboxylic acids is 3. The first-order valence-corrected chi connectivity index (χ1v) is 9.81. The van der Waals surface area contributed by atoms with Crippen molar-refractivity contribution in [2.75, 3.05) is 5.75 Å². The van der Waals surface area contributed by atoms with Gasteiger partial charge in [0, 0.05) is 30.3 Å². The summed E-state index contributed by atoms with van der Waals surface area (Å²) in [6.07, 6.45) is 7.81. The van der Waals surface area contributed by atoms with E-state index in [-0.39, 0.29) is 23.9 Å². The van der Waals surface area contributed by atoms with Gasteiger partial charge in [0.15, 0.2) is 0 Å². The molecule has 2 aliphatic heterocycles. The van der Waals surface area contributed by atoms with Crippen LogP contribution in [0.3, 0.4) is 0 Å². The molecule has 2 aliphatic rings. The number of carbonyl (C=O) groups is 3. The van der Waals surface area contributed by atoms with Crippen LogP contribution in [0.25, 0.3) is 0 Å². The van der Waals surface area contributed by atoms with Crippen molar-refractivity contribution < 1.29 is 14.4 Å². The van der Waals surface area contributed by atoms with Gasteiger partial charge >= 0.3 is 6.03 Å². The number of hydrogen-bond acceptors (Lipinski definition) is 4. The lowest BCUT2D eigenvalue weighted by Crippen LogP contribution is -2.36. The Labute approximate surface area is 142 Å². The van der Waals surface area contributed by atoms with E-state index in [0.717, 1.165) is 44.3 Å². The van der Waals surface area contributed by atoms with Crippen LogP contribution < -0.4 is 10.6 Å². The van der Waals surface area contributed by atoms with Gasteiger partial charge in [-0.15, -0.1) is 0 Å². The predicted molar refractivity (Wildman–Crippen MR) is 92.7 cm³/mol. The lowest BCUT2D eigenvalue weighted by atomic mass is 10.0. The summed E-state index contributed by atoms with van der Waals surface area (Å²) < 4.78 is 0. The average Bonchev–Trinajstić information content (AvgIpc) is 3.02. The maximum atomic E-state index is 11.8. The van der Waals surface area contributed by atoms with E-state index in [1.54, 1.807) is 6.92 Å². The molecule has 0 bridgehead atoms. The molecule has 0 aliphatic carbocycles. The third-order valence-electron chi connectivity index (χ3n) is 4.62. The Kier molecular flexibility index (Phi) is 7.40. The standard InChI is InChI=1S/C17H28N2O3S/c1-12(20)7-3-2-4-8-13(21)9-5-6-10-15-16-14(11-23-15)18-17(22)19-16/h14-16H,2-11H2,1H3,(H2,18,19,22). The quantitative estimate of drug-likeness (QED) is 0.448. The fraction of sp³-hybridized carbons (Fsp3) is 0.824. The van der Waals surface area contributed by atoms with Gasteiger partial charge in [-0.05, 0) is 32.6 Å². The second kappa shape index (κ2) is 9.30. The van der Waals surface area contributed by atoms with Crippen molar-refractivity contribution in [3.05, 3.63) is 0 Å². The molecular weight excluding hydrogens is 312 g/mol. The third-order valence-corrected chi connectivity index (χ3v) is 6.13. The molecule has 2 amide bonds. The summed E-state index contributed by atoms with van der Waals surface area (Å²) in [4.78, 5) is 33.9. The number of hydrogen-bond donors (Lipinski definition) is 2. The van der Waals surface area contributed by atoms with Gasteiger partial charge < -0.3 is 15.4 Å². The summed E-state index contributed by atoms with van der Waals surface area (Å²) in [5, 5.41) is 6.44. The largest absolute Gasteiger partial charge is 0.332 e. The maximum absolute atomic E-state index is 11.8. The third kappa shape index (κ3) is 6.16. The SMILES string of the molecule is CC(=O)CCCCCC(=O)CCCCC1SCC2NC(=O)NC21. The lowest BCUT2D eigenvalue weighted by molar-refractivity contribution is -0.119. The molecule has 2 N–H and O–H groups in total. The lowest BCUT2D eigenvalue weighted by Gasteiger charge is -2.16. The number of fused-ring (bicyclic) bond motifs is 1. The van der Waals surface area contributed by atoms with Crippen molar-refractivity contribution in [2.45, 2.75) is 82.0 Å². The fourth-order valence-electron chi connectivity index (χ4n) is 3.31. The first-order chi connectivity index (χ1) is 11.1. The molecule has 2 heterocycles. The topological polar surface area (TPSA) is 75.3 Å². The van der Waals surface area contributed by atoms with Gasteiger partial charge in [0.25, 0.3) is 0 Å². The maximum Gasteiger partial charge on any atom is 0.315 e. The van der Waals surface area contributed by atoms with Crippen LogP contribution >= 0.6 is 11.8 Å². The number of nitrogens with one attached hydrogen (secondary N) is 2. The summed E-state index contributed by atoms with van der Waals surface area (Å²) >= 11 is 1.93. The fourth-order valence-corrected chi connectivity index (χ4v) is 4.85. The van der Waals surface area contributed by atoms with Crippen LogP contribution in [0, 0.1) is 0 Å². The van der Waals surface area contributed by atoms with Gasteiger partial charge in [0.2, 0.25) is 0 Å². The smallest absolute Gasteiger partial charge is 0.315 e. The Balaban J connectivity index is 1.48. The number of unbranched alkanes of at least 4 members (excludes halogenated alkanes) is 3. The van der Waals surface area contributed by atoms with Crippen LogP contribution in [0.2, 0.25) is 0 Å². The number of rotatable bonds is 11. The van der Waals surface area contributed by atoms with Crippen molar-refractivity contribution in [3.63, 3.8) is 0 Å². The number of thioether (sulfide) groups is 1. The average molecular weight is 340 g/mol. The summed E-state index contributed by atoms with van der Waals surface area (Å²) in [6.45, 7) is 1.61. The Morgan fingerprint density at radius 2 is 1.74 bits per heavy atom. The molecule has 0 aromatic heterocycles. The summed E-state index contributed by atoms with van der Waals surface area (Å²) in [7, 11) is 0. The molecule has 130 valence electrons. The number of amides is 2. The summed E-state index contributed by atoms with van der Waals surface area (Å²) in [6, 6.07) is 0.517. The van der Waals surface area contributed by atoms with Gasteiger partial charge in [-0.2, -0.15) is 11.8 Å². The minimum Gasteiger partial charge on any atom is -0.332 e. The van der Waals surface area contributed by atoms with E-state index in [0.29, 0.717) is 30.3 Å². The van der Waals surface area contributed by atoms with E-state index >= 15 is 0 Å². The molecule has 6 heteroatoms. The molecule has 2 saturated heterocycles. The predicted octanol–water partition coefficient (Wildman–Crippen LogP) is 2.82. The van der Waals surface area contributed by atoms with Crippen LogP contribution in [0.15, 0.2) is 0 Å².